The Morgan fingerprint density at radius 3 is 2.48 bits per heavy atom. The fourth-order valence-corrected chi connectivity index (χ4v) is 4.85. The van der Waals surface area contributed by atoms with Crippen LogP contribution >= 0.6 is 12.4 Å². The van der Waals surface area contributed by atoms with E-state index >= 15 is 0 Å². The molecule has 136 valence electrons. The number of rotatable bonds is 6. The lowest BCUT2D eigenvalue weighted by atomic mass is 10.0. The van der Waals surface area contributed by atoms with Crippen LogP contribution in [0.3, 0.4) is 0 Å². The van der Waals surface area contributed by atoms with Crippen LogP contribution in [0.4, 0.5) is 0 Å². The van der Waals surface area contributed by atoms with Gasteiger partial charge >= 0.3 is 0 Å². The van der Waals surface area contributed by atoms with E-state index in [0.29, 0.717) is 26.1 Å². The fraction of sp³-hybridized carbons (Fsp3) is 0.933. The molecule has 1 saturated heterocycles. The van der Waals surface area contributed by atoms with Gasteiger partial charge in [0.1, 0.15) is 0 Å². The van der Waals surface area contributed by atoms with Crippen molar-refractivity contribution < 1.29 is 13.2 Å². The predicted octanol–water partition coefficient (Wildman–Crippen LogP) is 1.12. The minimum Gasteiger partial charge on any atom is -0.341 e. The molecule has 0 aromatic carbocycles. The second-order valence-corrected chi connectivity index (χ2v) is 8.66. The maximum atomic E-state index is 12.5. The van der Waals surface area contributed by atoms with Crippen LogP contribution < -0.4 is 10.0 Å². The van der Waals surface area contributed by atoms with Crippen molar-refractivity contribution in [3.63, 3.8) is 0 Å². The molecule has 2 N–H and O–H groups in total. The Morgan fingerprint density at radius 1 is 1.22 bits per heavy atom. The van der Waals surface area contributed by atoms with Gasteiger partial charge in [0.15, 0.2) is 0 Å². The minimum absolute atomic E-state index is 0. The van der Waals surface area contributed by atoms with Crippen molar-refractivity contribution in [1.29, 1.82) is 0 Å². The molecule has 2 rings (SSSR count). The standard InChI is InChI=1S/C15H29N3O3S.ClH/c1-12(16-2)10-17-22(20,21)14-8-5-9-18(11-14)15(19)13-6-3-4-7-13;/h12-14,16-17H,3-11H2,1-2H3;1H. The summed E-state index contributed by atoms with van der Waals surface area (Å²) in [6.07, 6.45) is 5.57. The molecule has 1 aliphatic carbocycles. The number of likely N-dealkylation sites (N-methyl/N-ethyl adjacent to an activating group) is 1. The molecule has 1 heterocycles. The van der Waals surface area contributed by atoms with Crippen LogP contribution in [0.5, 0.6) is 0 Å². The van der Waals surface area contributed by atoms with Crippen molar-refractivity contribution in [3.8, 4) is 0 Å². The van der Waals surface area contributed by atoms with E-state index in [2.05, 4.69) is 10.0 Å². The molecule has 0 aromatic heterocycles. The Kier molecular flexibility index (Phi) is 8.27. The van der Waals surface area contributed by atoms with E-state index in [1.807, 2.05) is 14.0 Å². The summed E-state index contributed by atoms with van der Waals surface area (Å²) in [6, 6.07) is 0.0922. The van der Waals surface area contributed by atoms with Crippen LogP contribution in [0.1, 0.15) is 45.4 Å². The van der Waals surface area contributed by atoms with E-state index in [4.69, 9.17) is 0 Å². The summed E-state index contributed by atoms with van der Waals surface area (Å²) in [6.45, 7) is 3.36. The van der Waals surface area contributed by atoms with E-state index in [1.165, 1.54) is 0 Å². The molecule has 0 aromatic rings. The first kappa shape index (κ1) is 20.7. The number of sulfonamides is 1. The normalized spacial score (nSPS) is 24.3. The molecule has 8 heteroatoms. The molecule has 1 aliphatic heterocycles. The molecular weight excluding hydrogens is 338 g/mol. The van der Waals surface area contributed by atoms with Gasteiger partial charge in [0.05, 0.1) is 5.25 Å². The lowest BCUT2D eigenvalue weighted by molar-refractivity contribution is -0.136. The van der Waals surface area contributed by atoms with Gasteiger partial charge in [-0.3, -0.25) is 4.79 Å². The predicted molar refractivity (Wildman–Crippen MR) is 94.3 cm³/mol. The Bertz CT molecular complexity index is 480. The summed E-state index contributed by atoms with van der Waals surface area (Å²) in [5.41, 5.74) is 0. The number of nitrogens with zero attached hydrogens (tertiary/aromatic N) is 1. The number of likely N-dealkylation sites (tertiary alicyclic amines) is 1. The molecule has 2 fully saturated rings. The van der Waals surface area contributed by atoms with Gasteiger partial charge in [0, 0.05) is 31.6 Å². The number of nitrogens with one attached hydrogen (secondary N) is 2. The smallest absolute Gasteiger partial charge is 0.225 e. The average molecular weight is 368 g/mol. The van der Waals surface area contributed by atoms with Gasteiger partial charge in [-0.25, -0.2) is 13.1 Å². The second kappa shape index (κ2) is 9.20. The molecule has 6 nitrogen and oxygen atoms in total. The third kappa shape index (κ3) is 5.59. The molecule has 1 amide bonds. The van der Waals surface area contributed by atoms with Gasteiger partial charge in [0.25, 0.3) is 0 Å². The fourth-order valence-electron chi connectivity index (χ4n) is 3.28. The Hall–Kier alpha value is -0.370. The number of amides is 1. The van der Waals surface area contributed by atoms with Crippen molar-refractivity contribution in [2.45, 2.75) is 56.7 Å². The molecule has 0 spiro atoms. The highest BCUT2D eigenvalue weighted by Crippen LogP contribution is 2.28. The van der Waals surface area contributed by atoms with E-state index in [1.54, 1.807) is 4.90 Å². The molecule has 23 heavy (non-hydrogen) atoms. The van der Waals surface area contributed by atoms with Gasteiger partial charge < -0.3 is 10.2 Å². The van der Waals surface area contributed by atoms with Gasteiger partial charge in [0.2, 0.25) is 15.9 Å². The zero-order valence-electron chi connectivity index (χ0n) is 14.1. The van der Waals surface area contributed by atoms with Gasteiger partial charge in [-0.1, -0.05) is 12.8 Å². The third-order valence-corrected chi connectivity index (χ3v) is 6.75. The molecule has 2 unspecified atom stereocenters. The van der Waals surface area contributed by atoms with Crippen molar-refractivity contribution >= 4 is 28.3 Å². The van der Waals surface area contributed by atoms with Crippen molar-refractivity contribution in [2.75, 3.05) is 26.7 Å². The zero-order chi connectivity index (χ0) is 16.2. The van der Waals surface area contributed by atoms with Crippen LogP contribution in [-0.2, 0) is 14.8 Å². The van der Waals surface area contributed by atoms with Crippen molar-refractivity contribution in [2.24, 2.45) is 5.92 Å². The Labute approximate surface area is 146 Å². The van der Waals surface area contributed by atoms with E-state index in [-0.39, 0.29) is 30.3 Å². The summed E-state index contributed by atoms with van der Waals surface area (Å²) in [7, 11) is -1.56. The molecule has 2 aliphatic rings. The molecule has 2 atom stereocenters. The maximum absolute atomic E-state index is 12.5. The first-order valence-electron chi connectivity index (χ1n) is 8.38. The SMILES string of the molecule is CNC(C)CNS(=O)(=O)C1CCCN(C(=O)C2CCCC2)C1.Cl. The van der Waals surface area contributed by atoms with Gasteiger partial charge in [-0.15, -0.1) is 12.4 Å². The topological polar surface area (TPSA) is 78.5 Å². The Balaban J connectivity index is 0.00000264. The second-order valence-electron chi connectivity index (χ2n) is 6.61. The lowest BCUT2D eigenvalue weighted by Crippen LogP contribution is -2.50. The maximum Gasteiger partial charge on any atom is 0.225 e. The molecular formula is C15H30ClN3O3S. The van der Waals surface area contributed by atoms with E-state index in [9.17, 15) is 13.2 Å². The largest absolute Gasteiger partial charge is 0.341 e. The quantitative estimate of drug-likeness (QED) is 0.737. The van der Waals surface area contributed by atoms with Crippen molar-refractivity contribution in [1.82, 2.24) is 14.9 Å². The summed E-state index contributed by atoms with van der Waals surface area (Å²) < 4.78 is 27.5. The van der Waals surface area contributed by atoms with Crippen LogP contribution in [0, 0.1) is 5.92 Å². The summed E-state index contributed by atoms with van der Waals surface area (Å²) >= 11 is 0. The molecule has 0 bridgehead atoms. The Morgan fingerprint density at radius 2 is 1.87 bits per heavy atom. The minimum atomic E-state index is -3.36. The number of carbonyl (C=O) groups is 1. The highest BCUT2D eigenvalue weighted by atomic mass is 35.5. The zero-order valence-corrected chi connectivity index (χ0v) is 15.7. The van der Waals surface area contributed by atoms with Crippen LogP contribution in [0.15, 0.2) is 0 Å². The summed E-state index contributed by atoms with van der Waals surface area (Å²) in [4.78, 5) is 14.3. The third-order valence-electron chi connectivity index (χ3n) is 4.92. The number of carbonyl (C=O) groups excluding carboxylic acids is 1. The van der Waals surface area contributed by atoms with E-state index in [0.717, 1.165) is 32.1 Å². The lowest BCUT2D eigenvalue weighted by Gasteiger charge is -2.34. The monoisotopic (exact) mass is 367 g/mol. The van der Waals surface area contributed by atoms with Crippen LogP contribution in [0.25, 0.3) is 0 Å². The molecule has 1 saturated carbocycles. The summed E-state index contributed by atoms with van der Waals surface area (Å²) in [5.74, 6) is 0.291. The number of piperidine rings is 1. The highest BCUT2D eigenvalue weighted by molar-refractivity contribution is 7.90. The number of halogens is 1. The first-order valence-corrected chi connectivity index (χ1v) is 9.93. The highest BCUT2D eigenvalue weighted by Gasteiger charge is 2.35. The van der Waals surface area contributed by atoms with Crippen LogP contribution in [0.2, 0.25) is 0 Å². The first-order chi connectivity index (χ1) is 10.4. The summed E-state index contributed by atoms with van der Waals surface area (Å²) in [5, 5.41) is 2.54. The molecule has 0 radical (unpaired) electrons. The number of hydrogen-bond acceptors (Lipinski definition) is 4. The average Bonchev–Trinajstić information content (AvgIpc) is 3.06. The van der Waals surface area contributed by atoms with E-state index < -0.39 is 15.3 Å². The van der Waals surface area contributed by atoms with Gasteiger partial charge in [-0.2, -0.15) is 0 Å². The van der Waals surface area contributed by atoms with Crippen LogP contribution in [-0.4, -0.2) is 57.2 Å². The van der Waals surface area contributed by atoms with Crippen molar-refractivity contribution in [3.05, 3.63) is 0 Å². The van der Waals surface area contributed by atoms with Gasteiger partial charge in [-0.05, 0) is 39.7 Å². The number of hydrogen-bond donors (Lipinski definition) is 2.